The Hall–Kier alpha value is -2.70. The Labute approximate surface area is 199 Å². The van der Waals surface area contributed by atoms with E-state index in [0.29, 0.717) is 11.8 Å². The maximum atomic E-state index is 12.9. The summed E-state index contributed by atoms with van der Waals surface area (Å²) in [6.45, 7) is 3.73. The summed E-state index contributed by atoms with van der Waals surface area (Å²) in [4.78, 5) is 14.8. The molecule has 2 fully saturated rings. The van der Waals surface area contributed by atoms with Gasteiger partial charge in [-0.2, -0.15) is 13.2 Å². The Morgan fingerprint density at radius 3 is 2.38 bits per heavy atom. The summed E-state index contributed by atoms with van der Waals surface area (Å²) in [5.41, 5.74) is 2.18. The first-order valence-corrected chi connectivity index (χ1v) is 12.3. The van der Waals surface area contributed by atoms with Crippen molar-refractivity contribution in [3.05, 3.63) is 59.7 Å². The highest BCUT2D eigenvalue weighted by atomic mass is 19.4. The SMILES string of the molecule is Cc1ccc(NC(=O)N[C@@H]2CCCC[C@H]2C[C@H]2CCCN(c3ccc(C(F)(F)F)cc3)C2)cc1. The normalized spacial score (nSPS) is 23.4. The maximum Gasteiger partial charge on any atom is 0.416 e. The zero-order chi connectivity index (χ0) is 24.1. The molecular formula is C27H34F3N3O. The molecule has 2 amide bonds. The van der Waals surface area contributed by atoms with Gasteiger partial charge in [-0.15, -0.1) is 0 Å². The number of carbonyl (C=O) groups is 1. The summed E-state index contributed by atoms with van der Waals surface area (Å²) in [5, 5.41) is 6.16. The number of anilines is 2. The molecule has 1 saturated carbocycles. The summed E-state index contributed by atoms with van der Waals surface area (Å²) in [7, 11) is 0. The number of nitrogens with one attached hydrogen (secondary N) is 2. The van der Waals surface area contributed by atoms with Crippen molar-refractivity contribution in [1.29, 1.82) is 0 Å². The van der Waals surface area contributed by atoms with Gasteiger partial charge in [-0.1, -0.05) is 30.5 Å². The predicted octanol–water partition coefficient (Wildman–Crippen LogP) is 7.00. The second kappa shape index (κ2) is 10.7. The van der Waals surface area contributed by atoms with E-state index in [1.807, 2.05) is 31.2 Å². The van der Waals surface area contributed by atoms with Crippen LogP contribution in [0.5, 0.6) is 0 Å². The first kappa shape index (κ1) is 24.4. The van der Waals surface area contributed by atoms with Crippen molar-refractivity contribution < 1.29 is 18.0 Å². The van der Waals surface area contributed by atoms with Crippen LogP contribution in [-0.4, -0.2) is 25.2 Å². The summed E-state index contributed by atoms with van der Waals surface area (Å²) in [6, 6.07) is 13.3. The lowest BCUT2D eigenvalue weighted by Crippen LogP contribution is -2.45. The van der Waals surface area contributed by atoms with E-state index in [4.69, 9.17) is 0 Å². The lowest BCUT2D eigenvalue weighted by molar-refractivity contribution is -0.137. The first-order chi connectivity index (χ1) is 16.3. The topological polar surface area (TPSA) is 44.4 Å². The average Bonchev–Trinajstić information content (AvgIpc) is 2.82. The van der Waals surface area contributed by atoms with Gasteiger partial charge >= 0.3 is 12.2 Å². The number of piperidine rings is 1. The van der Waals surface area contributed by atoms with Crippen LogP contribution >= 0.6 is 0 Å². The second-order valence-electron chi connectivity index (χ2n) is 9.85. The Morgan fingerprint density at radius 1 is 0.971 bits per heavy atom. The molecular weight excluding hydrogens is 439 g/mol. The van der Waals surface area contributed by atoms with E-state index < -0.39 is 11.7 Å². The number of carbonyl (C=O) groups excluding carboxylic acids is 1. The molecule has 2 aromatic carbocycles. The van der Waals surface area contributed by atoms with Crippen LogP contribution in [0.3, 0.4) is 0 Å². The highest BCUT2D eigenvalue weighted by Crippen LogP contribution is 2.35. The fraction of sp³-hybridized carbons (Fsp3) is 0.519. The van der Waals surface area contributed by atoms with Crippen molar-refractivity contribution in [2.24, 2.45) is 11.8 Å². The number of benzene rings is 2. The minimum Gasteiger partial charge on any atom is -0.371 e. The molecule has 184 valence electrons. The van der Waals surface area contributed by atoms with E-state index in [1.165, 1.54) is 18.6 Å². The summed E-state index contributed by atoms with van der Waals surface area (Å²) < 4.78 is 38.7. The lowest BCUT2D eigenvalue weighted by Gasteiger charge is -2.39. The van der Waals surface area contributed by atoms with Gasteiger partial charge in [-0.25, -0.2) is 4.79 Å². The molecule has 0 spiro atoms. The van der Waals surface area contributed by atoms with Crippen LogP contribution in [0.2, 0.25) is 0 Å². The largest absolute Gasteiger partial charge is 0.416 e. The van der Waals surface area contributed by atoms with Crippen molar-refractivity contribution >= 4 is 17.4 Å². The Bertz CT molecular complexity index is 943. The van der Waals surface area contributed by atoms with Crippen LogP contribution in [0.4, 0.5) is 29.3 Å². The van der Waals surface area contributed by atoms with Crippen LogP contribution in [-0.2, 0) is 6.18 Å². The number of hydrogen-bond donors (Lipinski definition) is 2. The smallest absolute Gasteiger partial charge is 0.371 e. The van der Waals surface area contributed by atoms with E-state index in [9.17, 15) is 18.0 Å². The molecule has 0 radical (unpaired) electrons. The summed E-state index contributed by atoms with van der Waals surface area (Å²) in [5.74, 6) is 0.902. The van der Waals surface area contributed by atoms with E-state index in [0.717, 1.165) is 68.6 Å². The fourth-order valence-electron chi connectivity index (χ4n) is 5.43. The molecule has 2 aliphatic rings. The zero-order valence-corrected chi connectivity index (χ0v) is 19.7. The molecule has 3 atom stereocenters. The molecule has 1 saturated heterocycles. The van der Waals surface area contributed by atoms with Gasteiger partial charge in [0.2, 0.25) is 0 Å². The number of halogens is 3. The molecule has 1 aliphatic carbocycles. The minimum absolute atomic E-state index is 0.153. The third-order valence-electron chi connectivity index (χ3n) is 7.25. The first-order valence-electron chi connectivity index (χ1n) is 12.3. The van der Waals surface area contributed by atoms with Gasteiger partial charge in [0, 0.05) is 30.5 Å². The summed E-state index contributed by atoms with van der Waals surface area (Å²) >= 11 is 0. The number of urea groups is 1. The molecule has 0 unspecified atom stereocenters. The van der Waals surface area contributed by atoms with Crippen LogP contribution in [0.1, 0.15) is 56.1 Å². The molecule has 0 bridgehead atoms. The standard InChI is InChI=1S/C27H34F3N3O/c1-19-8-12-23(13-9-19)31-26(34)32-25-7-3-2-6-21(25)17-20-5-4-16-33(18-20)24-14-10-22(11-15-24)27(28,29)30/h8-15,20-21,25H,2-7,16-18H2,1H3,(H2,31,32,34)/t20-,21+,25-/m1/s1. The van der Waals surface area contributed by atoms with Gasteiger partial charge in [0.15, 0.2) is 0 Å². The Kier molecular flexibility index (Phi) is 7.69. The number of amides is 2. The number of alkyl halides is 3. The van der Waals surface area contributed by atoms with Gasteiger partial charge in [0.05, 0.1) is 5.56 Å². The average molecular weight is 474 g/mol. The number of nitrogens with zero attached hydrogens (tertiary/aromatic N) is 1. The van der Waals surface area contributed by atoms with E-state index in [1.54, 1.807) is 12.1 Å². The van der Waals surface area contributed by atoms with Crippen LogP contribution in [0.15, 0.2) is 48.5 Å². The van der Waals surface area contributed by atoms with Crippen molar-refractivity contribution in [3.8, 4) is 0 Å². The van der Waals surface area contributed by atoms with Gasteiger partial charge in [-0.3, -0.25) is 0 Å². The Morgan fingerprint density at radius 2 is 1.68 bits per heavy atom. The molecule has 0 aromatic heterocycles. The van der Waals surface area contributed by atoms with Crippen molar-refractivity contribution in [3.63, 3.8) is 0 Å². The zero-order valence-electron chi connectivity index (χ0n) is 19.7. The highest BCUT2D eigenvalue weighted by Gasteiger charge is 2.32. The van der Waals surface area contributed by atoms with Crippen molar-refractivity contribution in [2.45, 2.75) is 64.1 Å². The quantitative estimate of drug-likeness (QED) is 0.491. The molecule has 2 aromatic rings. The molecule has 1 aliphatic heterocycles. The Balaban J connectivity index is 1.33. The number of aryl methyl sites for hydroxylation is 1. The second-order valence-corrected chi connectivity index (χ2v) is 9.85. The molecule has 2 N–H and O–H groups in total. The lowest BCUT2D eigenvalue weighted by atomic mass is 9.77. The minimum atomic E-state index is -4.31. The third kappa shape index (κ3) is 6.45. The monoisotopic (exact) mass is 473 g/mol. The van der Waals surface area contributed by atoms with E-state index >= 15 is 0 Å². The van der Waals surface area contributed by atoms with Gasteiger partial charge in [0.25, 0.3) is 0 Å². The van der Waals surface area contributed by atoms with Crippen LogP contribution in [0.25, 0.3) is 0 Å². The van der Waals surface area contributed by atoms with Crippen molar-refractivity contribution in [1.82, 2.24) is 5.32 Å². The molecule has 1 heterocycles. The van der Waals surface area contributed by atoms with Crippen molar-refractivity contribution in [2.75, 3.05) is 23.3 Å². The van der Waals surface area contributed by atoms with Crippen LogP contribution < -0.4 is 15.5 Å². The highest BCUT2D eigenvalue weighted by molar-refractivity contribution is 5.89. The van der Waals surface area contributed by atoms with E-state index in [-0.39, 0.29) is 12.1 Å². The number of rotatable bonds is 5. The fourth-order valence-corrected chi connectivity index (χ4v) is 5.43. The van der Waals surface area contributed by atoms with Gasteiger partial charge in [0.1, 0.15) is 0 Å². The number of hydrogen-bond acceptors (Lipinski definition) is 2. The van der Waals surface area contributed by atoms with Gasteiger partial charge < -0.3 is 15.5 Å². The predicted molar refractivity (Wildman–Crippen MR) is 130 cm³/mol. The maximum absolute atomic E-state index is 12.9. The molecule has 34 heavy (non-hydrogen) atoms. The molecule has 4 rings (SSSR count). The summed E-state index contributed by atoms with van der Waals surface area (Å²) in [6.07, 6.45) is 3.27. The van der Waals surface area contributed by atoms with Gasteiger partial charge in [-0.05, 0) is 87.3 Å². The molecule has 4 nitrogen and oxygen atoms in total. The van der Waals surface area contributed by atoms with Crippen LogP contribution in [0, 0.1) is 18.8 Å². The third-order valence-corrected chi connectivity index (χ3v) is 7.25. The molecule has 7 heteroatoms. The van der Waals surface area contributed by atoms with E-state index in [2.05, 4.69) is 15.5 Å².